The maximum absolute atomic E-state index is 6.50. The lowest BCUT2D eigenvalue weighted by Crippen LogP contribution is -2.76. The molecule has 6 aliphatic heterocycles. The minimum Gasteiger partial charge on any atom is -0.382 e. The fourth-order valence-electron chi connectivity index (χ4n) is 8.83. The first-order valence-corrected chi connectivity index (χ1v) is 21.5. The third-order valence-corrected chi connectivity index (χ3v) is 11.5. The molecule has 16 atom stereocenters. The van der Waals surface area contributed by atoms with Crippen LogP contribution in [-0.4, -0.2) is 179 Å². The molecule has 2 aromatic carbocycles. The highest BCUT2D eigenvalue weighted by molar-refractivity contribution is 5.16. The lowest BCUT2D eigenvalue weighted by molar-refractivity contribution is -0.489. The van der Waals surface area contributed by atoms with E-state index in [1.165, 1.54) is 0 Å². The van der Waals surface area contributed by atoms with Gasteiger partial charge in [0.2, 0.25) is 0 Å². The Morgan fingerprint density at radius 1 is 0.410 bits per heavy atom. The van der Waals surface area contributed by atoms with E-state index in [1.807, 2.05) is 74.5 Å². The molecular weight excluding hydrogens is 800 g/mol. The van der Waals surface area contributed by atoms with Crippen molar-refractivity contribution in [2.24, 2.45) is 0 Å². The van der Waals surface area contributed by atoms with Crippen molar-refractivity contribution in [2.75, 3.05) is 80.3 Å². The van der Waals surface area contributed by atoms with Crippen LogP contribution < -0.4 is 0 Å². The average molecular weight is 863 g/mol. The Bertz CT molecular complexity index is 1460. The van der Waals surface area contributed by atoms with Gasteiger partial charge >= 0.3 is 0 Å². The van der Waals surface area contributed by atoms with E-state index < -0.39 is 86.2 Å². The van der Waals surface area contributed by atoms with Gasteiger partial charge in [0.05, 0.1) is 91.5 Å². The van der Waals surface area contributed by atoms with Gasteiger partial charge in [-0.15, -0.1) is 0 Å². The van der Waals surface area contributed by atoms with Crippen molar-refractivity contribution in [3.8, 4) is 0 Å². The number of benzene rings is 2. The minimum absolute atomic E-state index is 0.0677. The molecule has 8 fully saturated rings. The third kappa shape index (κ3) is 11.4. The molecule has 8 bridgehead atoms. The predicted molar refractivity (Wildman–Crippen MR) is 211 cm³/mol. The van der Waals surface area contributed by atoms with Crippen LogP contribution in [0.5, 0.6) is 0 Å². The molecule has 17 nitrogen and oxygen atoms in total. The zero-order chi connectivity index (χ0) is 42.0. The van der Waals surface area contributed by atoms with E-state index in [0.717, 1.165) is 11.1 Å². The molecule has 17 heteroatoms. The van der Waals surface area contributed by atoms with E-state index in [0.29, 0.717) is 66.1 Å². The van der Waals surface area contributed by atoms with Crippen molar-refractivity contribution in [3.63, 3.8) is 0 Å². The quantitative estimate of drug-likeness (QED) is 0.115. The first-order valence-electron chi connectivity index (χ1n) is 21.5. The fourth-order valence-corrected chi connectivity index (χ4v) is 8.83. The van der Waals surface area contributed by atoms with E-state index in [4.69, 9.17) is 80.5 Å². The van der Waals surface area contributed by atoms with Crippen molar-refractivity contribution in [2.45, 2.75) is 125 Å². The van der Waals surface area contributed by atoms with Gasteiger partial charge in [0.15, 0.2) is 0 Å². The van der Waals surface area contributed by atoms with Crippen LogP contribution in [0.2, 0.25) is 0 Å². The Hall–Kier alpha value is -2.24. The summed E-state index contributed by atoms with van der Waals surface area (Å²) in [4.78, 5) is 0. The fraction of sp³-hybridized carbons (Fsp3) is 0.727. The standard InChI is InChI=1S/C44H62O17/c1-27(23-45-3)48-19-21-52-32-37-31(38-33(39(32)58-43(56-37)57-38)53-22-20-49-28(2)24-46-4)50-17-15-47-16-18-51-34-40-35(54-25-29-11-7-5-8-12-29)42-36(41(34)60-44(59-40)61-42)55-26-30-13-9-6-10-14-30/h5-14,27-28,31-44H,15-26H2,1-4H3/t27-,28-,31-,32?,33?,34-,35+,36?,37?,38+,39+,40?,41?,42+,43?,44?/m1/s1. The van der Waals surface area contributed by atoms with Crippen LogP contribution in [-0.2, 0) is 93.7 Å². The van der Waals surface area contributed by atoms with Gasteiger partial charge in [-0.25, -0.2) is 0 Å². The normalized spacial score (nSPS) is 35.5. The summed E-state index contributed by atoms with van der Waals surface area (Å²) in [6.07, 6.45) is -5.50. The molecule has 340 valence electrons. The van der Waals surface area contributed by atoms with Crippen molar-refractivity contribution >= 4 is 0 Å². The zero-order valence-electron chi connectivity index (χ0n) is 35.4. The molecule has 0 aromatic heterocycles. The largest absolute Gasteiger partial charge is 0.382 e. The summed E-state index contributed by atoms with van der Waals surface area (Å²) >= 11 is 0. The average Bonchev–Trinajstić information content (AvgIpc) is 3.27. The van der Waals surface area contributed by atoms with Crippen molar-refractivity contribution in [1.29, 1.82) is 0 Å². The van der Waals surface area contributed by atoms with Gasteiger partial charge in [0.1, 0.15) is 73.2 Å². The summed E-state index contributed by atoms with van der Waals surface area (Å²) in [5, 5.41) is 0. The second kappa shape index (κ2) is 22.6. The highest BCUT2D eigenvalue weighted by Gasteiger charge is 2.65. The first-order chi connectivity index (χ1) is 30.0. The molecule has 6 heterocycles. The van der Waals surface area contributed by atoms with Crippen LogP contribution in [0, 0.1) is 0 Å². The number of hydrogen-bond acceptors (Lipinski definition) is 17. The van der Waals surface area contributed by atoms with Gasteiger partial charge < -0.3 is 80.5 Å². The van der Waals surface area contributed by atoms with E-state index >= 15 is 0 Å². The van der Waals surface area contributed by atoms with E-state index in [1.54, 1.807) is 14.2 Å². The minimum atomic E-state index is -0.833. The molecule has 8 unspecified atom stereocenters. The van der Waals surface area contributed by atoms with Crippen molar-refractivity contribution in [3.05, 3.63) is 71.8 Å². The molecule has 2 aliphatic carbocycles. The molecule has 61 heavy (non-hydrogen) atoms. The maximum Gasteiger partial charge on any atom is 0.272 e. The van der Waals surface area contributed by atoms with Gasteiger partial charge in [0.25, 0.3) is 13.0 Å². The summed E-state index contributed by atoms with van der Waals surface area (Å²) in [5.74, 6) is 0. The number of ether oxygens (including phenoxy) is 17. The third-order valence-electron chi connectivity index (χ3n) is 11.5. The molecule has 0 amide bonds. The molecule has 10 rings (SSSR count). The molecular formula is C44H62O17. The topological polar surface area (TPSA) is 157 Å². The second-order valence-corrected chi connectivity index (χ2v) is 15.9. The summed E-state index contributed by atoms with van der Waals surface area (Å²) in [5.41, 5.74) is 2.09. The molecule has 6 saturated heterocycles. The van der Waals surface area contributed by atoms with E-state index in [9.17, 15) is 0 Å². The Morgan fingerprint density at radius 2 is 0.721 bits per heavy atom. The molecule has 2 saturated carbocycles. The summed E-state index contributed by atoms with van der Waals surface area (Å²) in [6, 6.07) is 20.0. The van der Waals surface area contributed by atoms with Gasteiger partial charge in [-0.2, -0.15) is 0 Å². The Morgan fingerprint density at radius 3 is 1.05 bits per heavy atom. The highest BCUT2D eigenvalue weighted by Crippen LogP contribution is 2.45. The van der Waals surface area contributed by atoms with E-state index in [-0.39, 0.29) is 25.4 Å². The number of hydrogen-bond donors (Lipinski definition) is 0. The van der Waals surface area contributed by atoms with Gasteiger partial charge in [-0.05, 0) is 25.0 Å². The van der Waals surface area contributed by atoms with Gasteiger partial charge in [0, 0.05) is 14.2 Å². The molecule has 0 radical (unpaired) electrons. The maximum atomic E-state index is 6.50. The van der Waals surface area contributed by atoms with Crippen LogP contribution in [0.15, 0.2) is 60.7 Å². The smallest absolute Gasteiger partial charge is 0.272 e. The monoisotopic (exact) mass is 862 g/mol. The van der Waals surface area contributed by atoms with Crippen LogP contribution in [0.25, 0.3) is 0 Å². The summed E-state index contributed by atoms with van der Waals surface area (Å²) < 4.78 is 104. The van der Waals surface area contributed by atoms with Gasteiger partial charge in [-0.3, -0.25) is 0 Å². The summed E-state index contributed by atoms with van der Waals surface area (Å²) in [6.45, 7) is 6.55. The molecule has 0 spiro atoms. The zero-order valence-corrected chi connectivity index (χ0v) is 35.4. The van der Waals surface area contributed by atoms with Crippen molar-refractivity contribution in [1.82, 2.24) is 0 Å². The Kier molecular flexibility index (Phi) is 16.8. The SMILES string of the molecule is COC[C@@H](C)OCCOC1C2OC3O[C@@H]1C(OCCO[C@H](C)COC)[C@@H](O3)[C@@H]2OCCOCCO[C@H]1C2OC3OC1[C@H](OCc1ccccc1)[C@H](O3)C2OCc1ccccc1. The summed E-state index contributed by atoms with van der Waals surface area (Å²) in [7, 11) is 3.29. The number of rotatable bonds is 28. The van der Waals surface area contributed by atoms with Crippen LogP contribution in [0.3, 0.4) is 0 Å². The van der Waals surface area contributed by atoms with Crippen LogP contribution >= 0.6 is 0 Å². The predicted octanol–water partition coefficient (Wildman–Crippen LogP) is 2.78. The lowest BCUT2D eigenvalue weighted by Gasteiger charge is -2.58. The van der Waals surface area contributed by atoms with Gasteiger partial charge in [-0.1, -0.05) is 60.7 Å². The first kappa shape index (κ1) is 45.3. The lowest BCUT2D eigenvalue weighted by atomic mass is 9.82. The molecule has 2 aromatic rings. The Balaban J connectivity index is 0.839. The van der Waals surface area contributed by atoms with Crippen LogP contribution in [0.1, 0.15) is 25.0 Å². The molecule has 0 N–H and O–H groups in total. The van der Waals surface area contributed by atoms with Crippen LogP contribution in [0.4, 0.5) is 0 Å². The highest BCUT2D eigenvalue weighted by atomic mass is 16.9. The van der Waals surface area contributed by atoms with E-state index in [2.05, 4.69) is 0 Å². The number of methoxy groups -OCH3 is 2. The Labute approximate surface area is 357 Å². The van der Waals surface area contributed by atoms with Crippen molar-refractivity contribution < 1.29 is 80.5 Å². The molecule has 8 aliphatic rings. The second-order valence-electron chi connectivity index (χ2n) is 15.9.